The van der Waals surface area contributed by atoms with Crippen LogP contribution < -0.4 is 4.74 Å². The molecule has 0 saturated carbocycles. The summed E-state index contributed by atoms with van der Waals surface area (Å²) in [6.07, 6.45) is 0. The molecule has 0 spiro atoms. The van der Waals surface area contributed by atoms with Crippen LogP contribution in [0, 0.1) is 13.8 Å². The maximum atomic E-state index is 5.31. The van der Waals surface area contributed by atoms with Crippen molar-refractivity contribution in [2.45, 2.75) is 13.8 Å². The fourth-order valence-electron chi connectivity index (χ4n) is 0.925. The predicted molar refractivity (Wildman–Crippen MR) is 46.8 cm³/mol. The van der Waals surface area contributed by atoms with Gasteiger partial charge in [0.2, 0.25) is 0 Å². The van der Waals surface area contributed by atoms with E-state index < -0.39 is 0 Å². The summed E-state index contributed by atoms with van der Waals surface area (Å²) in [5.41, 5.74) is 2.24. The van der Waals surface area contributed by atoms with Gasteiger partial charge in [0, 0.05) is 0 Å². The first kappa shape index (κ1) is 8.12. The van der Waals surface area contributed by atoms with Crippen LogP contribution in [0.1, 0.15) is 18.1 Å². The summed E-state index contributed by atoms with van der Waals surface area (Å²) in [5, 5.41) is 0. The summed E-state index contributed by atoms with van der Waals surface area (Å²) in [6.45, 7) is 8.60. The van der Waals surface area contributed by atoms with Gasteiger partial charge in [-0.05, 0) is 44.0 Å². The van der Waals surface area contributed by atoms with Crippen molar-refractivity contribution in [1.82, 2.24) is 0 Å². The highest BCUT2D eigenvalue weighted by atomic mass is 16.5. The molecule has 0 aliphatic heterocycles. The molecular formula is C10H13O. The van der Waals surface area contributed by atoms with Gasteiger partial charge >= 0.3 is 0 Å². The Hall–Kier alpha value is -0.980. The summed E-state index contributed by atoms with van der Waals surface area (Å²) in [6, 6.07) is 5.92. The fraction of sp³-hybridized carbons (Fsp3) is 0.300. The molecule has 0 atom stereocenters. The molecule has 0 bridgehead atoms. The number of hydrogen-bond donors (Lipinski definition) is 0. The zero-order valence-corrected chi connectivity index (χ0v) is 7.05. The quantitative estimate of drug-likeness (QED) is 0.628. The Balaban J connectivity index is 2.86. The van der Waals surface area contributed by atoms with E-state index in [-0.39, 0.29) is 0 Å². The topological polar surface area (TPSA) is 9.23 Å². The Kier molecular flexibility index (Phi) is 2.53. The molecule has 1 aromatic carbocycles. The van der Waals surface area contributed by atoms with E-state index in [4.69, 9.17) is 4.74 Å². The zero-order chi connectivity index (χ0) is 8.27. The second-order valence-corrected chi connectivity index (χ2v) is 2.52. The molecule has 1 radical (unpaired) electrons. The molecule has 0 heterocycles. The molecule has 11 heavy (non-hydrogen) atoms. The van der Waals surface area contributed by atoms with Gasteiger partial charge in [0.05, 0.1) is 6.61 Å². The minimum Gasteiger partial charge on any atom is -0.494 e. The second kappa shape index (κ2) is 3.42. The number of rotatable bonds is 2. The molecule has 1 heteroatoms. The minimum absolute atomic E-state index is 0.718. The third kappa shape index (κ3) is 1.97. The lowest BCUT2D eigenvalue weighted by atomic mass is 10.1. The number of aryl methyl sites for hydroxylation is 1. The minimum atomic E-state index is 0.718. The van der Waals surface area contributed by atoms with Crippen molar-refractivity contribution < 1.29 is 4.74 Å². The van der Waals surface area contributed by atoms with Crippen molar-refractivity contribution in [3.8, 4) is 5.75 Å². The third-order valence-electron chi connectivity index (χ3n) is 1.63. The summed E-state index contributed by atoms with van der Waals surface area (Å²) in [4.78, 5) is 0. The second-order valence-electron chi connectivity index (χ2n) is 2.52. The van der Waals surface area contributed by atoms with Gasteiger partial charge in [0.25, 0.3) is 0 Å². The standard InChI is InChI=1S/C10H13O/c1-4-11-10-6-5-8(2)9(3)7-10/h5-7H,2,4H2,1,3H3. The fourth-order valence-corrected chi connectivity index (χ4v) is 0.925. The predicted octanol–water partition coefficient (Wildman–Crippen LogP) is 2.58. The average molecular weight is 149 g/mol. The normalized spacial score (nSPS) is 9.73. The molecule has 0 aliphatic rings. The van der Waals surface area contributed by atoms with Crippen LogP contribution in [0.25, 0.3) is 0 Å². The van der Waals surface area contributed by atoms with Crippen LogP contribution >= 0.6 is 0 Å². The lowest BCUT2D eigenvalue weighted by Crippen LogP contribution is -1.92. The zero-order valence-electron chi connectivity index (χ0n) is 7.05. The number of ether oxygens (including phenoxy) is 1. The average Bonchev–Trinajstić information content (AvgIpc) is 1.98. The van der Waals surface area contributed by atoms with Gasteiger partial charge in [0.1, 0.15) is 5.75 Å². The van der Waals surface area contributed by atoms with Crippen molar-refractivity contribution in [2.75, 3.05) is 6.61 Å². The molecule has 0 aliphatic carbocycles. The maximum Gasteiger partial charge on any atom is 0.119 e. The largest absolute Gasteiger partial charge is 0.494 e. The molecule has 1 nitrogen and oxygen atoms in total. The van der Waals surface area contributed by atoms with Gasteiger partial charge in [0.15, 0.2) is 0 Å². The molecule has 0 unspecified atom stereocenters. The Labute approximate surface area is 68.0 Å². The number of hydrogen-bond acceptors (Lipinski definition) is 1. The smallest absolute Gasteiger partial charge is 0.119 e. The summed E-state index contributed by atoms with van der Waals surface area (Å²) < 4.78 is 5.31. The molecule has 0 fully saturated rings. The Bertz CT molecular complexity index is 241. The summed E-state index contributed by atoms with van der Waals surface area (Å²) in [5.74, 6) is 0.928. The highest BCUT2D eigenvalue weighted by molar-refractivity contribution is 5.36. The molecule has 1 aromatic rings. The van der Waals surface area contributed by atoms with Crippen molar-refractivity contribution in [1.29, 1.82) is 0 Å². The Morgan fingerprint density at radius 2 is 2.18 bits per heavy atom. The first-order chi connectivity index (χ1) is 5.24. The van der Waals surface area contributed by atoms with Crippen LogP contribution in [0.5, 0.6) is 5.75 Å². The Morgan fingerprint density at radius 3 is 2.73 bits per heavy atom. The van der Waals surface area contributed by atoms with Crippen LogP contribution in [0.2, 0.25) is 0 Å². The van der Waals surface area contributed by atoms with E-state index in [1.165, 1.54) is 5.56 Å². The third-order valence-corrected chi connectivity index (χ3v) is 1.63. The summed E-state index contributed by atoms with van der Waals surface area (Å²) in [7, 11) is 0. The van der Waals surface area contributed by atoms with Gasteiger partial charge in [-0.1, -0.05) is 6.07 Å². The van der Waals surface area contributed by atoms with Crippen molar-refractivity contribution in [2.24, 2.45) is 0 Å². The number of benzene rings is 1. The molecule has 0 amide bonds. The van der Waals surface area contributed by atoms with Gasteiger partial charge in [-0.3, -0.25) is 0 Å². The van der Waals surface area contributed by atoms with Crippen LogP contribution in [-0.4, -0.2) is 6.61 Å². The van der Waals surface area contributed by atoms with Crippen molar-refractivity contribution in [3.05, 3.63) is 36.2 Å². The van der Waals surface area contributed by atoms with Gasteiger partial charge in [-0.25, -0.2) is 0 Å². The van der Waals surface area contributed by atoms with E-state index >= 15 is 0 Å². The van der Waals surface area contributed by atoms with E-state index in [1.54, 1.807) is 0 Å². The molecule has 0 aromatic heterocycles. The van der Waals surface area contributed by atoms with Crippen LogP contribution in [0.15, 0.2) is 18.2 Å². The van der Waals surface area contributed by atoms with E-state index in [9.17, 15) is 0 Å². The maximum absolute atomic E-state index is 5.31. The Morgan fingerprint density at radius 1 is 1.45 bits per heavy atom. The van der Waals surface area contributed by atoms with Crippen molar-refractivity contribution in [3.63, 3.8) is 0 Å². The highest BCUT2D eigenvalue weighted by Gasteiger charge is 1.94. The van der Waals surface area contributed by atoms with Crippen LogP contribution in [-0.2, 0) is 0 Å². The molecule has 59 valence electrons. The molecular weight excluding hydrogens is 136 g/mol. The molecule has 0 saturated heterocycles. The van der Waals surface area contributed by atoms with Crippen LogP contribution in [0.3, 0.4) is 0 Å². The van der Waals surface area contributed by atoms with E-state index in [0.29, 0.717) is 0 Å². The van der Waals surface area contributed by atoms with Crippen molar-refractivity contribution >= 4 is 0 Å². The SMILES string of the molecule is [CH2]c1ccc(OCC)cc1C. The van der Waals surface area contributed by atoms with E-state index in [2.05, 4.69) is 6.92 Å². The monoisotopic (exact) mass is 149 g/mol. The van der Waals surface area contributed by atoms with Gasteiger partial charge in [-0.2, -0.15) is 0 Å². The summed E-state index contributed by atoms with van der Waals surface area (Å²) >= 11 is 0. The van der Waals surface area contributed by atoms with Crippen LogP contribution in [0.4, 0.5) is 0 Å². The lowest BCUT2D eigenvalue weighted by molar-refractivity contribution is 0.340. The molecule has 1 rings (SSSR count). The molecule has 0 N–H and O–H groups in total. The van der Waals surface area contributed by atoms with E-state index in [0.717, 1.165) is 17.9 Å². The van der Waals surface area contributed by atoms with E-state index in [1.807, 2.05) is 32.0 Å². The van der Waals surface area contributed by atoms with Gasteiger partial charge in [-0.15, -0.1) is 0 Å². The first-order valence-corrected chi connectivity index (χ1v) is 3.79. The lowest BCUT2D eigenvalue weighted by Gasteiger charge is -2.04. The first-order valence-electron chi connectivity index (χ1n) is 3.79. The van der Waals surface area contributed by atoms with Gasteiger partial charge < -0.3 is 4.74 Å². The highest BCUT2D eigenvalue weighted by Crippen LogP contribution is 2.15.